The van der Waals surface area contributed by atoms with Crippen LogP contribution in [-0.2, 0) is 0 Å². The molecule has 31 heavy (non-hydrogen) atoms. The lowest BCUT2D eigenvalue weighted by molar-refractivity contribution is 0.0977. The lowest BCUT2D eigenvalue weighted by Gasteiger charge is -2.09. The number of benzene rings is 3. The highest BCUT2D eigenvalue weighted by Crippen LogP contribution is 2.27. The molecule has 0 saturated heterocycles. The number of oxazole rings is 1. The molecule has 0 aliphatic carbocycles. The molecule has 0 fully saturated rings. The molecule has 1 aromatic heterocycles. The zero-order valence-electron chi connectivity index (χ0n) is 17.0. The van der Waals surface area contributed by atoms with Crippen LogP contribution in [-0.4, -0.2) is 16.0 Å². The van der Waals surface area contributed by atoms with Crippen molar-refractivity contribution in [2.24, 2.45) is 0 Å². The first-order chi connectivity index (χ1) is 14.9. The van der Waals surface area contributed by atoms with E-state index in [1.54, 1.807) is 24.3 Å². The third-order valence-corrected chi connectivity index (χ3v) is 5.22. The van der Waals surface area contributed by atoms with E-state index in [9.17, 15) is 4.79 Å². The molecule has 1 heterocycles. The van der Waals surface area contributed by atoms with E-state index in [0.29, 0.717) is 39.2 Å². The van der Waals surface area contributed by atoms with E-state index in [4.69, 9.17) is 28.2 Å². The summed E-state index contributed by atoms with van der Waals surface area (Å²) in [6.45, 7) is 4.32. The number of hydrogen-bond acceptors (Lipinski definition) is 4. The van der Waals surface area contributed by atoms with Gasteiger partial charge < -0.3 is 9.73 Å². The number of carbonyl (C=O) groups is 1. The third-order valence-electron chi connectivity index (χ3n) is 4.78. The number of nitrogens with zero attached hydrogens (tertiary/aromatic N) is 1. The fraction of sp³-hybridized carbons (Fsp3) is 0.125. The molecule has 0 saturated carbocycles. The number of carbonyl (C=O) groups excluding carboxylic acids is 1. The van der Waals surface area contributed by atoms with Gasteiger partial charge in [-0.15, -0.1) is 0 Å². The molecule has 156 valence electrons. The molecule has 0 radical (unpaired) electrons. The topological polar surface area (TPSA) is 67.2 Å². The zero-order chi connectivity index (χ0) is 22.0. The molecule has 0 aliphatic rings. The maximum absolute atomic E-state index is 12.3. The summed E-state index contributed by atoms with van der Waals surface area (Å²) in [5, 5.41) is 6.31. The summed E-state index contributed by atoms with van der Waals surface area (Å²) in [4.78, 5) is 16.9. The molecule has 0 unspecified atom stereocenters. The Hall–Kier alpha value is -3.22. The minimum atomic E-state index is -0.338. The van der Waals surface area contributed by atoms with Crippen LogP contribution in [0.1, 0.15) is 35.7 Å². The Morgan fingerprint density at radius 2 is 1.84 bits per heavy atom. The van der Waals surface area contributed by atoms with Crippen molar-refractivity contribution in [1.29, 1.82) is 0 Å². The first-order valence-electron chi connectivity index (χ1n) is 9.78. The quantitative estimate of drug-likeness (QED) is 0.353. The number of hydrogen-bond donors (Lipinski definition) is 2. The van der Waals surface area contributed by atoms with Crippen LogP contribution < -0.4 is 10.6 Å². The van der Waals surface area contributed by atoms with Crippen LogP contribution in [0.3, 0.4) is 0 Å². The lowest BCUT2D eigenvalue weighted by Crippen LogP contribution is -2.34. The Balaban J connectivity index is 1.47. The van der Waals surface area contributed by atoms with E-state index in [2.05, 4.69) is 41.6 Å². The molecule has 0 atom stereocenters. The summed E-state index contributed by atoms with van der Waals surface area (Å²) in [6, 6.07) is 20.3. The maximum Gasteiger partial charge on any atom is 0.257 e. The van der Waals surface area contributed by atoms with Gasteiger partial charge in [0.25, 0.3) is 5.91 Å². The predicted molar refractivity (Wildman–Crippen MR) is 129 cm³/mol. The molecule has 5 nitrogen and oxygen atoms in total. The summed E-state index contributed by atoms with van der Waals surface area (Å²) in [5.41, 5.74) is 4.66. The van der Waals surface area contributed by atoms with Crippen molar-refractivity contribution >= 4 is 51.6 Å². The average Bonchev–Trinajstić information content (AvgIpc) is 3.17. The standard InChI is InChI=1S/C24H20ClN3O2S/c1-14(2)15-6-8-16(9-7-15)23-27-20-13-19(10-11-21(20)30-23)26-24(31)28-22(29)17-4-3-5-18(25)12-17/h3-14H,1-2H3,(H2,26,28,29,31). The van der Waals surface area contributed by atoms with Crippen molar-refractivity contribution in [3.05, 3.63) is 82.9 Å². The van der Waals surface area contributed by atoms with E-state index in [1.165, 1.54) is 5.56 Å². The van der Waals surface area contributed by atoms with Gasteiger partial charge in [-0.3, -0.25) is 10.1 Å². The van der Waals surface area contributed by atoms with Crippen LogP contribution in [0.25, 0.3) is 22.6 Å². The van der Waals surface area contributed by atoms with Crippen molar-refractivity contribution < 1.29 is 9.21 Å². The van der Waals surface area contributed by atoms with Gasteiger partial charge in [-0.1, -0.05) is 43.6 Å². The minimum absolute atomic E-state index is 0.178. The molecule has 4 rings (SSSR count). The Labute approximate surface area is 190 Å². The largest absolute Gasteiger partial charge is 0.436 e. The minimum Gasteiger partial charge on any atom is -0.436 e. The molecule has 0 bridgehead atoms. The average molecular weight is 450 g/mol. The van der Waals surface area contributed by atoms with Crippen LogP contribution in [0.2, 0.25) is 5.02 Å². The number of amides is 1. The van der Waals surface area contributed by atoms with Crippen molar-refractivity contribution in [2.45, 2.75) is 19.8 Å². The number of fused-ring (bicyclic) bond motifs is 1. The second-order valence-electron chi connectivity index (χ2n) is 7.40. The summed E-state index contributed by atoms with van der Waals surface area (Å²) < 4.78 is 5.89. The van der Waals surface area contributed by atoms with Crippen LogP contribution in [0, 0.1) is 0 Å². The highest BCUT2D eigenvalue weighted by atomic mass is 35.5. The summed E-state index contributed by atoms with van der Waals surface area (Å²) >= 11 is 11.2. The lowest BCUT2D eigenvalue weighted by atomic mass is 10.0. The second-order valence-corrected chi connectivity index (χ2v) is 8.24. The van der Waals surface area contributed by atoms with Gasteiger partial charge in [-0.2, -0.15) is 0 Å². The summed E-state index contributed by atoms with van der Waals surface area (Å²) in [5.74, 6) is 0.684. The normalized spacial score (nSPS) is 11.0. The van der Waals surface area contributed by atoms with E-state index in [-0.39, 0.29) is 11.0 Å². The highest BCUT2D eigenvalue weighted by molar-refractivity contribution is 7.80. The molecule has 0 spiro atoms. The van der Waals surface area contributed by atoms with E-state index < -0.39 is 0 Å². The van der Waals surface area contributed by atoms with Gasteiger partial charge in [0.15, 0.2) is 10.7 Å². The zero-order valence-corrected chi connectivity index (χ0v) is 18.6. The summed E-state index contributed by atoms with van der Waals surface area (Å²) in [7, 11) is 0. The number of halogens is 1. The number of aromatic nitrogens is 1. The van der Waals surface area contributed by atoms with Crippen LogP contribution in [0.15, 0.2) is 71.1 Å². The Kier molecular flexibility index (Phi) is 6.02. The molecule has 3 aromatic carbocycles. The predicted octanol–water partition coefficient (Wildman–Crippen LogP) is 6.40. The first-order valence-corrected chi connectivity index (χ1v) is 10.6. The monoisotopic (exact) mass is 449 g/mol. The van der Waals surface area contributed by atoms with Gasteiger partial charge in [0.05, 0.1) is 0 Å². The van der Waals surface area contributed by atoms with E-state index >= 15 is 0 Å². The van der Waals surface area contributed by atoms with E-state index in [1.807, 2.05) is 30.3 Å². The van der Waals surface area contributed by atoms with Gasteiger partial charge in [0.1, 0.15) is 5.52 Å². The fourth-order valence-electron chi connectivity index (χ4n) is 3.11. The smallest absolute Gasteiger partial charge is 0.257 e. The van der Waals surface area contributed by atoms with Crippen molar-refractivity contribution in [3.8, 4) is 11.5 Å². The van der Waals surface area contributed by atoms with Crippen LogP contribution >= 0.6 is 23.8 Å². The second kappa shape index (κ2) is 8.88. The molecule has 7 heteroatoms. The fourth-order valence-corrected chi connectivity index (χ4v) is 3.51. The van der Waals surface area contributed by atoms with Gasteiger partial charge in [-0.05, 0) is 72.2 Å². The van der Waals surface area contributed by atoms with Crippen molar-refractivity contribution in [3.63, 3.8) is 0 Å². The molecule has 0 aliphatic heterocycles. The van der Waals surface area contributed by atoms with Gasteiger partial charge in [0.2, 0.25) is 5.89 Å². The number of thiocarbonyl (C=S) groups is 1. The van der Waals surface area contributed by atoms with Crippen LogP contribution in [0.4, 0.5) is 5.69 Å². The third kappa shape index (κ3) is 4.93. The van der Waals surface area contributed by atoms with E-state index in [0.717, 1.165) is 5.56 Å². The Morgan fingerprint density at radius 1 is 1.06 bits per heavy atom. The van der Waals surface area contributed by atoms with Crippen molar-refractivity contribution in [1.82, 2.24) is 10.3 Å². The highest BCUT2D eigenvalue weighted by Gasteiger charge is 2.12. The maximum atomic E-state index is 12.3. The summed E-state index contributed by atoms with van der Waals surface area (Å²) in [6.07, 6.45) is 0. The molecule has 2 N–H and O–H groups in total. The number of rotatable bonds is 4. The van der Waals surface area contributed by atoms with Gasteiger partial charge >= 0.3 is 0 Å². The SMILES string of the molecule is CC(C)c1ccc(-c2nc3cc(NC(=S)NC(=O)c4cccc(Cl)c4)ccc3o2)cc1. The number of nitrogens with one attached hydrogen (secondary N) is 2. The molecule has 4 aromatic rings. The molecular formula is C24H20ClN3O2S. The molecule has 1 amide bonds. The molecular weight excluding hydrogens is 430 g/mol. The van der Waals surface area contributed by atoms with Gasteiger partial charge in [0, 0.05) is 21.8 Å². The number of anilines is 1. The van der Waals surface area contributed by atoms with Gasteiger partial charge in [-0.25, -0.2) is 4.98 Å². The Morgan fingerprint density at radius 3 is 2.55 bits per heavy atom. The first kappa shape index (κ1) is 21.0. The Bertz CT molecular complexity index is 1270. The van der Waals surface area contributed by atoms with Crippen molar-refractivity contribution in [2.75, 3.05) is 5.32 Å². The van der Waals surface area contributed by atoms with Crippen LogP contribution in [0.5, 0.6) is 0 Å².